The zero-order chi connectivity index (χ0) is 17.8. The minimum atomic E-state index is -0.329. The van der Waals surface area contributed by atoms with Crippen LogP contribution in [0.3, 0.4) is 0 Å². The summed E-state index contributed by atoms with van der Waals surface area (Å²) in [5.74, 6) is -0.447. The summed E-state index contributed by atoms with van der Waals surface area (Å²) in [5, 5.41) is 8.72. The Kier molecular flexibility index (Phi) is 5.25. The molecule has 25 heavy (non-hydrogen) atoms. The Bertz CT molecular complexity index is 828. The SMILES string of the molecule is CN(C)[C@@H](CNC(=O)c1cc(-c2cccs2)no1)c1ccc(F)cc1. The number of benzene rings is 1. The van der Waals surface area contributed by atoms with Gasteiger partial charge in [-0.15, -0.1) is 11.3 Å². The van der Waals surface area contributed by atoms with Gasteiger partial charge in [-0.2, -0.15) is 0 Å². The molecule has 7 heteroatoms. The molecule has 2 aromatic heterocycles. The van der Waals surface area contributed by atoms with Crippen LogP contribution in [-0.4, -0.2) is 36.6 Å². The maximum atomic E-state index is 13.1. The number of rotatable bonds is 6. The molecule has 0 radical (unpaired) electrons. The number of amides is 1. The van der Waals surface area contributed by atoms with Crippen molar-refractivity contribution in [2.45, 2.75) is 6.04 Å². The number of aromatic nitrogens is 1. The van der Waals surface area contributed by atoms with Crippen LogP contribution in [0.5, 0.6) is 0 Å². The smallest absolute Gasteiger partial charge is 0.289 e. The van der Waals surface area contributed by atoms with Crippen LogP contribution < -0.4 is 5.32 Å². The molecule has 130 valence electrons. The van der Waals surface area contributed by atoms with E-state index in [9.17, 15) is 9.18 Å². The third kappa shape index (κ3) is 4.12. The van der Waals surface area contributed by atoms with E-state index in [1.165, 1.54) is 23.5 Å². The number of thiophene rings is 1. The maximum absolute atomic E-state index is 13.1. The van der Waals surface area contributed by atoms with Crippen LogP contribution in [-0.2, 0) is 0 Å². The van der Waals surface area contributed by atoms with Gasteiger partial charge in [-0.25, -0.2) is 4.39 Å². The molecule has 0 aliphatic carbocycles. The molecule has 1 aromatic carbocycles. The van der Waals surface area contributed by atoms with Gasteiger partial charge in [0.25, 0.3) is 5.91 Å². The fourth-order valence-corrected chi connectivity index (χ4v) is 3.16. The summed E-state index contributed by atoms with van der Waals surface area (Å²) in [6.45, 7) is 0.368. The van der Waals surface area contributed by atoms with Crippen molar-refractivity contribution >= 4 is 17.2 Å². The number of carbonyl (C=O) groups is 1. The van der Waals surface area contributed by atoms with Crippen molar-refractivity contribution in [3.8, 4) is 10.6 Å². The predicted octanol–water partition coefficient (Wildman–Crippen LogP) is 3.57. The maximum Gasteiger partial charge on any atom is 0.289 e. The van der Waals surface area contributed by atoms with E-state index < -0.39 is 0 Å². The van der Waals surface area contributed by atoms with Crippen molar-refractivity contribution in [1.29, 1.82) is 0 Å². The Morgan fingerprint density at radius 3 is 2.72 bits per heavy atom. The van der Waals surface area contributed by atoms with Crippen LogP contribution in [0.4, 0.5) is 4.39 Å². The van der Waals surface area contributed by atoms with Crippen LogP contribution in [0.1, 0.15) is 22.2 Å². The van der Waals surface area contributed by atoms with Crippen LogP contribution in [0.15, 0.2) is 52.4 Å². The topological polar surface area (TPSA) is 58.4 Å². The summed E-state index contributed by atoms with van der Waals surface area (Å²) < 4.78 is 18.2. The molecule has 1 amide bonds. The van der Waals surface area contributed by atoms with E-state index >= 15 is 0 Å². The van der Waals surface area contributed by atoms with Gasteiger partial charge < -0.3 is 14.7 Å². The average molecular weight is 359 g/mol. The van der Waals surface area contributed by atoms with Gasteiger partial charge in [-0.05, 0) is 43.2 Å². The van der Waals surface area contributed by atoms with Gasteiger partial charge >= 0.3 is 0 Å². The minimum absolute atomic E-state index is 0.0794. The second-order valence-electron chi connectivity index (χ2n) is 5.79. The second-order valence-corrected chi connectivity index (χ2v) is 6.74. The molecule has 0 aliphatic rings. The van der Waals surface area contributed by atoms with Crippen LogP contribution in [0, 0.1) is 5.82 Å². The highest BCUT2D eigenvalue weighted by Crippen LogP contribution is 2.24. The molecule has 0 spiro atoms. The molecule has 1 N–H and O–H groups in total. The molecule has 2 heterocycles. The first-order valence-corrected chi connectivity index (χ1v) is 8.63. The Balaban J connectivity index is 1.66. The summed E-state index contributed by atoms with van der Waals surface area (Å²) in [5.41, 5.74) is 1.56. The fraction of sp³-hybridized carbons (Fsp3) is 0.222. The van der Waals surface area contributed by atoms with Gasteiger partial charge in [-0.3, -0.25) is 4.79 Å². The predicted molar refractivity (Wildman–Crippen MR) is 95.0 cm³/mol. The van der Waals surface area contributed by atoms with Crippen LogP contribution in [0.2, 0.25) is 0 Å². The summed E-state index contributed by atoms with van der Waals surface area (Å²) in [4.78, 5) is 15.2. The molecule has 0 aliphatic heterocycles. The van der Waals surface area contributed by atoms with Crippen molar-refractivity contribution in [2.75, 3.05) is 20.6 Å². The molecule has 0 bridgehead atoms. The van der Waals surface area contributed by atoms with E-state index in [1.807, 2.05) is 36.5 Å². The van der Waals surface area contributed by atoms with Gasteiger partial charge in [-0.1, -0.05) is 23.4 Å². The Labute approximate surface area is 149 Å². The van der Waals surface area contributed by atoms with Crippen molar-refractivity contribution in [2.24, 2.45) is 0 Å². The van der Waals surface area contributed by atoms with Gasteiger partial charge in [0.1, 0.15) is 11.5 Å². The number of nitrogens with zero attached hydrogens (tertiary/aromatic N) is 2. The Morgan fingerprint density at radius 2 is 2.08 bits per heavy atom. The normalized spacial score (nSPS) is 12.3. The fourth-order valence-electron chi connectivity index (χ4n) is 2.48. The number of likely N-dealkylation sites (N-methyl/N-ethyl adjacent to an activating group) is 1. The van der Waals surface area contributed by atoms with Gasteiger partial charge in [0.05, 0.1) is 10.9 Å². The highest BCUT2D eigenvalue weighted by Gasteiger charge is 2.19. The number of halogens is 1. The lowest BCUT2D eigenvalue weighted by Crippen LogP contribution is -2.34. The first-order valence-electron chi connectivity index (χ1n) is 7.75. The lowest BCUT2D eigenvalue weighted by atomic mass is 10.1. The summed E-state index contributed by atoms with van der Waals surface area (Å²) in [7, 11) is 3.81. The number of carbonyl (C=O) groups excluding carboxylic acids is 1. The zero-order valence-corrected chi connectivity index (χ0v) is 14.7. The molecule has 0 fully saturated rings. The second kappa shape index (κ2) is 7.58. The minimum Gasteiger partial charge on any atom is -0.350 e. The quantitative estimate of drug-likeness (QED) is 0.731. The average Bonchev–Trinajstić information content (AvgIpc) is 3.27. The van der Waals surface area contributed by atoms with Gasteiger partial charge in [0.15, 0.2) is 0 Å². The molecule has 0 saturated heterocycles. The molecule has 1 atom stereocenters. The Hall–Kier alpha value is -2.51. The first-order chi connectivity index (χ1) is 12.0. The highest BCUT2D eigenvalue weighted by atomic mass is 32.1. The molecule has 0 unspecified atom stereocenters. The molecular formula is C18H18FN3O2S. The zero-order valence-electron chi connectivity index (χ0n) is 13.9. The van der Waals surface area contributed by atoms with Gasteiger partial charge in [0, 0.05) is 12.6 Å². The highest BCUT2D eigenvalue weighted by molar-refractivity contribution is 7.13. The summed E-state index contributed by atoms with van der Waals surface area (Å²) >= 11 is 1.53. The first kappa shape index (κ1) is 17.3. The molecule has 3 aromatic rings. The standard InChI is InChI=1S/C18H18FN3O2S/c1-22(2)15(12-5-7-13(19)8-6-12)11-20-18(23)16-10-14(21-24-16)17-4-3-9-25-17/h3-10,15H,11H2,1-2H3,(H,20,23)/t15-/m0/s1. The lowest BCUT2D eigenvalue weighted by molar-refractivity contribution is 0.0905. The van der Waals surface area contributed by atoms with Gasteiger partial charge in [0.2, 0.25) is 5.76 Å². The summed E-state index contributed by atoms with van der Waals surface area (Å²) in [6.07, 6.45) is 0. The van der Waals surface area contributed by atoms with E-state index in [1.54, 1.807) is 18.2 Å². The van der Waals surface area contributed by atoms with E-state index in [4.69, 9.17) is 4.52 Å². The summed E-state index contributed by atoms with van der Waals surface area (Å²) in [6, 6.07) is 11.6. The number of hydrogen-bond acceptors (Lipinski definition) is 5. The van der Waals surface area contributed by atoms with E-state index in [2.05, 4.69) is 10.5 Å². The Morgan fingerprint density at radius 1 is 1.32 bits per heavy atom. The molecule has 3 rings (SSSR count). The lowest BCUT2D eigenvalue weighted by Gasteiger charge is -2.24. The largest absolute Gasteiger partial charge is 0.350 e. The van der Waals surface area contributed by atoms with E-state index in [0.29, 0.717) is 12.2 Å². The number of hydrogen-bond donors (Lipinski definition) is 1. The number of nitrogens with one attached hydrogen (secondary N) is 1. The van der Waals surface area contributed by atoms with Crippen molar-refractivity contribution in [1.82, 2.24) is 15.4 Å². The monoisotopic (exact) mass is 359 g/mol. The van der Waals surface area contributed by atoms with Crippen molar-refractivity contribution in [3.63, 3.8) is 0 Å². The van der Waals surface area contributed by atoms with E-state index in [0.717, 1.165) is 10.4 Å². The van der Waals surface area contributed by atoms with Crippen molar-refractivity contribution < 1.29 is 13.7 Å². The third-order valence-corrected chi connectivity index (χ3v) is 4.73. The molecule has 5 nitrogen and oxygen atoms in total. The third-order valence-electron chi connectivity index (χ3n) is 3.84. The van der Waals surface area contributed by atoms with Crippen molar-refractivity contribution in [3.05, 3.63) is 65.0 Å². The molecular weight excluding hydrogens is 341 g/mol. The van der Waals surface area contributed by atoms with E-state index in [-0.39, 0.29) is 23.5 Å². The molecule has 0 saturated carbocycles. The van der Waals surface area contributed by atoms with Crippen LogP contribution >= 0.6 is 11.3 Å². The van der Waals surface area contributed by atoms with Crippen LogP contribution in [0.25, 0.3) is 10.6 Å².